The van der Waals surface area contributed by atoms with Gasteiger partial charge >= 0.3 is 0 Å². The first-order valence-electron chi connectivity index (χ1n) is 8.47. The molecule has 0 N–H and O–H groups in total. The van der Waals surface area contributed by atoms with Gasteiger partial charge in [-0.15, -0.1) is 10.2 Å². The van der Waals surface area contributed by atoms with E-state index in [1.165, 1.54) is 23.1 Å². The average molecular weight is 367 g/mol. The highest BCUT2D eigenvalue weighted by Crippen LogP contribution is 2.26. The summed E-state index contributed by atoms with van der Waals surface area (Å²) in [6, 6.07) is 16.5. The molecule has 6 heteroatoms. The highest BCUT2D eigenvalue weighted by atomic mass is 32.2. The molecule has 0 saturated carbocycles. The van der Waals surface area contributed by atoms with Gasteiger partial charge in [0.15, 0.2) is 10.8 Å². The molecular weight excluding hydrogens is 349 g/mol. The number of pyridine rings is 1. The zero-order valence-corrected chi connectivity index (χ0v) is 15.2. The van der Waals surface area contributed by atoms with E-state index in [0.29, 0.717) is 12.4 Å². The van der Waals surface area contributed by atoms with Crippen LogP contribution in [-0.2, 0) is 0 Å². The Labute approximate surface area is 155 Å². The van der Waals surface area contributed by atoms with E-state index in [2.05, 4.69) is 39.7 Å². The van der Waals surface area contributed by atoms with E-state index < -0.39 is 0 Å². The number of fused-ring (bicyclic) bond motifs is 3. The number of aryl methyl sites for hydroxylation is 1. The van der Waals surface area contributed by atoms with Gasteiger partial charge in [0.1, 0.15) is 11.6 Å². The quantitative estimate of drug-likeness (QED) is 0.359. The fourth-order valence-electron chi connectivity index (χ4n) is 2.91. The van der Waals surface area contributed by atoms with Gasteiger partial charge < -0.3 is 4.74 Å². The summed E-state index contributed by atoms with van der Waals surface area (Å²) in [4.78, 5) is 0. The lowest BCUT2D eigenvalue weighted by molar-refractivity contribution is 0.318. The SMILES string of the molecule is Cc1cc2nnc(SCCCOc3ccc(F)cc3)n2c2ccccc12. The lowest BCUT2D eigenvalue weighted by atomic mass is 10.1. The van der Waals surface area contributed by atoms with Gasteiger partial charge in [0, 0.05) is 11.1 Å². The molecule has 0 aliphatic heterocycles. The molecule has 0 unspecified atom stereocenters. The molecule has 0 saturated heterocycles. The number of hydrogen-bond donors (Lipinski definition) is 0. The Morgan fingerprint density at radius 2 is 1.88 bits per heavy atom. The van der Waals surface area contributed by atoms with E-state index in [-0.39, 0.29) is 5.82 Å². The predicted molar refractivity (Wildman–Crippen MR) is 102 cm³/mol. The minimum absolute atomic E-state index is 0.256. The summed E-state index contributed by atoms with van der Waals surface area (Å²) >= 11 is 1.66. The minimum Gasteiger partial charge on any atom is -0.494 e. The van der Waals surface area contributed by atoms with Crippen molar-refractivity contribution in [2.24, 2.45) is 0 Å². The Kier molecular flexibility index (Phi) is 4.75. The van der Waals surface area contributed by atoms with Gasteiger partial charge in [0.05, 0.1) is 12.1 Å². The number of nitrogens with zero attached hydrogens (tertiary/aromatic N) is 3. The number of hydrogen-bond acceptors (Lipinski definition) is 4. The highest BCUT2D eigenvalue weighted by molar-refractivity contribution is 7.99. The fourth-order valence-corrected chi connectivity index (χ4v) is 3.78. The van der Waals surface area contributed by atoms with Crippen molar-refractivity contribution in [1.82, 2.24) is 14.6 Å². The van der Waals surface area contributed by atoms with Gasteiger partial charge in [-0.05, 0) is 55.3 Å². The van der Waals surface area contributed by atoms with Crippen LogP contribution in [0.25, 0.3) is 16.6 Å². The van der Waals surface area contributed by atoms with Gasteiger partial charge in [-0.25, -0.2) is 4.39 Å². The standard InChI is InChI=1S/C20H18FN3OS/c1-14-13-19-22-23-20(24(19)18-6-3-2-5-17(14)18)26-12-4-11-25-16-9-7-15(21)8-10-16/h2-3,5-10,13H,4,11-12H2,1H3. The monoisotopic (exact) mass is 367 g/mol. The first-order valence-corrected chi connectivity index (χ1v) is 9.45. The van der Waals surface area contributed by atoms with Crippen molar-refractivity contribution in [2.45, 2.75) is 18.5 Å². The summed E-state index contributed by atoms with van der Waals surface area (Å²) in [6.07, 6.45) is 0.862. The molecule has 0 aliphatic rings. The molecule has 2 aromatic carbocycles. The van der Waals surface area contributed by atoms with Gasteiger partial charge in [0.25, 0.3) is 0 Å². The van der Waals surface area contributed by atoms with Crippen LogP contribution in [0, 0.1) is 12.7 Å². The molecule has 0 spiro atoms. The molecule has 2 heterocycles. The summed E-state index contributed by atoms with van der Waals surface area (Å²) in [5.74, 6) is 1.30. The van der Waals surface area contributed by atoms with Crippen molar-refractivity contribution in [2.75, 3.05) is 12.4 Å². The minimum atomic E-state index is -0.256. The second-order valence-corrected chi connectivity index (χ2v) is 7.09. The highest BCUT2D eigenvalue weighted by Gasteiger charge is 2.11. The summed E-state index contributed by atoms with van der Waals surface area (Å²) in [7, 11) is 0. The summed E-state index contributed by atoms with van der Waals surface area (Å²) in [5, 5.41) is 10.8. The number of halogens is 1. The third-order valence-corrected chi connectivity index (χ3v) is 5.19. The van der Waals surface area contributed by atoms with Gasteiger partial charge in [-0.2, -0.15) is 0 Å². The normalized spacial score (nSPS) is 11.3. The van der Waals surface area contributed by atoms with Crippen molar-refractivity contribution in [3.05, 3.63) is 66.0 Å². The van der Waals surface area contributed by atoms with E-state index in [1.54, 1.807) is 23.9 Å². The van der Waals surface area contributed by atoms with Crippen LogP contribution in [0.4, 0.5) is 4.39 Å². The predicted octanol–water partition coefficient (Wildman–Crippen LogP) is 4.89. The second kappa shape index (κ2) is 7.33. The van der Waals surface area contributed by atoms with E-state index in [4.69, 9.17) is 4.74 Å². The van der Waals surface area contributed by atoms with E-state index in [9.17, 15) is 4.39 Å². The Morgan fingerprint density at radius 3 is 2.73 bits per heavy atom. The zero-order valence-electron chi connectivity index (χ0n) is 14.4. The Balaban J connectivity index is 1.43. The van der Waals surface area contributed by atoms with Crippen LogP contribution in [0.2, 0.25) is 0 Å². The van der Waals surface area contributed by atoms with Crippen LogP contribution >= 0.6 is 11.8 Å². The maximum atomic E-state index is 12.9. The van der Waals surface area contributed by atoms with Crippen LogP contribution in [0.15, 0.2) is 59.8 Å². The van der Waals surface area contributed by atoms with E-state index in [1.807, 2.05) is 12.1 Å². The third kappa shape index (κ3) is 3.37. The first-order chi connectivity index (χ1) is 12.7. The topological polar surface area (TPSA) is 39.4 Å². The van der Waals surface area contributed by atoms with Crippen molar-refractivity contribution >= 4 is 28.3 Å². The van der Waals surface area contributed by atoms with E-state index >= 15 is 0 Å². The summed E-state index contributed by atoms with van der Waals surface area (Å²) in [5.41, 5.74) is 3.19. The Hall–Kier alpha value is -2.60. The largest absolute Gasteiger partial charge is 0.494 e. The van der Waals surface area contributed by atoms with Crippen molar-refractivity contribution < 1.29 is 9.13 Å². The molecule has 0 fully saturated rings. The van der Waals surface area contributed by atoms with Crippen molar-refractivity contribution in [3.8, 4) is 5.75 Å². The molecule has 0 aliphatic carbocycles. The van der Waals surface area contributed by atoms with Crippen LogP contribution in [0.5, 0.6) is 5.75 Å². The smallest absolute Gasteiger partial charge is 0.196 e. The van der Waals surface area contributed by atoms with Crippen LogP contribution in [0.1, 0.15) is 12.0 Å². The van der Waals surface area contributed by atoms with Crippen LogP contribution in [-0.4, -0.2) is 27.0 Å². The number of aromatic nitrogens is 3. The number of rotatable bonds is 6. The molecule has 0 amide bonds. The second-order valence-electron chi connectivity index (χ2n) is 6.03. The molecule has 0 radical (unpaired) electrons. The van der Waals surface area contributed by atoms with Crippen LogP contribution in [0.3, 0.4) is 0 Å². The molecule has 132 valence electrons. The molecular formula is C20H18FN3OS. The van der Waals surface area contributed by atoms with Gasteiger partial charge in [0.2, 0.25) is 0 Å². The van der Waals surface area contributed by atoms with Gasteiger partial charge in [-0.1, -0.05) is 30.0 Å². The first kappa shape index (κ1) is 16.8. The molecule has 2 aromatic heterocycles. The van der Waals surface area contributed by atoms with Crippen LogP contribution < -0.4 is 4.74 Å². The molecule has 4 aromatic rings. The number of ether oxygens (including phenoxy) is 1. The van der Waals surface area contributed by atoms with Crippen molar-refractivity contribution in [1.29, 1.82) is 0 Å². The third-order valence-electron chi connectivity index (χ3n) is 4.18. The molecule has 0 atom stereocenters. The summed E-state index contributed by atoms with van der Waals surface area (Å²) < 4.78 is 20.6. The van der Waals surface area contributed by atoms with Crippen molar-refractivity contribution in [3.63, 3.8) is 0 Å². The Morgan fingerprint density at radius 1 is 1.08 bits per heavy atom. The lowest BCUT2D eigenvalue weighted by Gasteiger charge is -2.08. The average Bonchev–Trinajstić information content (AvgIpc) is 3.06. The zero-order chi connectivity index (χ0) is 17.9. The number of para-hydroxylation sites is 1. The molecule has 26 heavy (non-hydrogen) atoms. The Bertz CT molecular complexity index is 1050. The molecule has 0 bridgehead atoms. The number of benzene rings is 2. The lowest BCUT2D eigenvalue weighted by Crippen LogP contribution is -1.99. The summed E-state index contributed by atoms with van der Waals surface area (Å²) in [6.45, 7) is 2.67. The van der Waals surface area contributed by atoms with E-state index in [0.717, 1.165) is 28.5 Å². The fraction of sp³-hybridized carbons (Fsp3) is 0.200. The van der Waals surface area contributed by atoms with Gasteiger partial charge in [-0.3, -0.25) is 4.40 Å². The molecule has 4 nitrogen and oxygen atoms in total. The maximum Gasteiger partial charge on any atom is 0.196 e. The number of thioether (sulfide) groups is 1. The maximum absolute atomic E-state index is 12.9. The molecule has 4 rings (SSSR count).